The number of carbonyl (C=O) groups excluding carboxylic acids is 1. The predicted molar refractivity (Wildman–Crippen MR) is 90.5 cm³/mol. The van der Waals surface area contributed by atoms with Crippen LogP contribution in [0.5, 0.6) is 0 Å². The van der Waals surface area contributed by atoms with Crippen LogP contribution in [0.1, 0.15) is 32.3 Å². The summed E-state index contributed by atoms with van der Waals surface area (Å²) in [5.41, 5.74) is 1.03. The van der Waals surface area contributed by atoms with E-state index in [1.165, 1.54) is 4.31 Å². The van der Waals surface area contributed by atoms with Gasteiger partial charge < -0.3 is 5.32 Å². The summed E-state index contributed by atoms with van der Waals surface area (Å²) in [5.74, 6) is 0.380. The smallest absolute Gasteiger partial charge is 0.243 e. The summed E-state index contributed by atoms with van der Waals surface area (Å²) >= 11 is 0. The van der Waals surface area contributed by atoms with Crippen molar-refractivity contribution in [2.45, 2.75) is 38.5 Å². The number of aryl methyl sites for hydroxylation is 1. The molecule has 23 heavy (non-hydrogen) atoms. The van der Waals surface area contributed by atoms with Crippen molar-refractivity contribution in [3.8, 4) is 0 Å². The first kappa shape index (κ1) is 17.9. The number of nitrogens with one attached hydrogen (secondary N) is 1. The molecule has 0 aliphatic carbocycles. The summed E-state index contributed by atoms with van der Waals surface area (Å²) in [6.45, 7) is 7.50. The van der Waals surface area contributed by atoms with Crippen LogP contribution in [-0.4, -0.2) is 38.3 Å². The number of benzene rings is 1. The van der Waals surface area contributed by atoms with Gasteiger partial charge in [0.2, 0.25) is 15.9 Å². The number of piperidine rings is 1. The molecule has 0 bridgehead atoms. The lowest BCUT2D eigenvalue weighted by molar-refractivity contribution is -0.126. The number of nitrogens with zero attached hydrogens (tertiary/aromatic N) is 1. The van der Waals surface area contributed by atoms with Gasteiger partial charge in [0, 0.05) is 25.6 Å². The molecule has 128 valence electrons. The number of hydrogen-bond acceptors (Lipinski definition) is 3. The third kappa shape index (κ3) is 4.54. The number of amides is 1. The molecule has 1 saturated heterocycles. The van der Waals surface area contributed by atoms with Gasteiger partial charge in [0.15, 0.2) is 0 Å². The van der Waals surface area contributed by atoms with E-state index in [2.05, 4.69) is 19.2 Å². The molecule has 1 aliphatic rings. The maximum Gasteiger partial charge on any atom is 0.243 e. The molecule has 5 nitrogen and oxygen atoms in total. The summed E-state index contributed by atoms with van der Waals surface area (Å²) in [4.78, 5) is 12.4. The van der Waals surface area contributed by atoms with Crippen molar-refractivity contribution in [3.05, 3.63) is 29.8 Å². The fraction of sp³-hybridized carbons (Fsp3) is 0.588. The van der Waals surface area contributed by atoms with E-state index >= 15 is 0 Å². The monoisotopic (exact) mass is 338 g/mol. The van der Waals surface area contributed by atoms with Crippen molar-refractivity contribution in [3.63, 3.8) is 0 Å². The fourth-order valence-electron chi connectivity index (χ4n) is 2.67. The highest BCUT2D eigenvalue weighted by Crippen LogP contribution is 2.24. The minimum Gasteiger partial charge on any atom is -0.356 e. The second kappa shape index (κ2) is 7.45. The molecule has 1 aromatic carbocycles. The second-order valence-electron chi connectivity index (χ2n) is 6.63. The zero-order valence-electron chi connectivity index (χ0n) is 14.1. The Kier molecular flexibility index (Phi) is 5.81. The average Bonchev–Trinajstić information content (AvgIpc) is 2.53. The van der Waals surface area contributed by atoms with Crippen LogP contribution in [0.4, 0.5) is 0 Å². The van der Waals surface area contributed by atoms with Gasteiger partial charge in [0.25, 0.3) is 0 Å². The molecule has 6 heteroatoms. The van der Waals surface area contributed by atoms with E-state index in [1.807, 2.05) is 6.92 Å². The third-order valence-electron chi connectivity index (χ3n) is 4.17. The van der Waals surface area contributed by atoms with Gasteiger partial charge in [0.1, 0.15) is 0 Å². The first-order chi connectivity index (χ1) is 10.8. The van der Waals surface area contributed by atoms with Crippen LogP contribution >= 0.6 is 0 Å². The Hall–Kier alpha value is -1.40. The Morgan fingerprint density at radius 1 is 1.22 bits per heavy atom. The predicted octanol–water partition coefficient (Wildman–Crippen LogP) is 2.17. The van der Waals surface area contributed by atoms with Crippen molar-refractivity contribution in [2.75, 3.05) is 19.6 Å². The fourth-order valence-corrected chi connectivity index (χ4v) is 4.14. The molecular weight excluding hydrogens is 312 g/mol. The van der Waals surface area contributed by atoms with Crippen LogP contribution in [0.3, 0.4) is 0 Å². The highest BCUT2D eigenvalue weighted by Gasteiger charge is 2.31. The Morgan fingerprint density at radius 2 is 1.78 bits per heavy atom. The van der Waals surface area contributed by atoms with E-state index in [4.69, 9.17) is 0 Å². The number of hydrogen-bond donors (Lipinski definition) is 1. The van der Waals surface area contributed by atoms with Crippen molar-refractivity contribution < 1.29 is 13.2 Å². The molecule has 0 radical (unpaired) electrons. The summed E-state index contributed by atoms with van der Waals surface area (Å²) in [7, 11) is -3.45. The largest absolute Gasteiger partial charge is 0.356 e. The topological polar surface area (TPSA) is 66.5 Å². The highest BCUT2D eigenvalue weighted by molar-refractivity contribution is 7.89. The van der Waals surface area contributed by atoms with Crippen LogP contribution in [0, 0.1) is 18.8 Å². The van der Waals surface area contributed by atoms with E-state index in [9.17, 15) is 13.2 Å². The normalized spacial score (nSPS) is 17.4. The molecular formula is C17H26N2O3S. The lowest BCUT2D eigenvalue weighted by Gasteiger charge is -2.30. The molecule has 1 aliphatic heterocycles. The minimum atomic E-state index is -3.45. The van der Waals surface area contributed by atoms with Gasteiger partial charge in [-0.2, -0.15) is 4.31 Å². The highest BCUT2D eigenvalue weighted by atomic mass is 32.2. The van der Waals surface area contributed by atoms with Crippen LogP contribution < -0.4 is 5.32 Å². The molecule has 0 atom stereocenters. The quantitative estimate of drug-likeness (QED) is 0.895. The molecule has 0 unspecified atom stereocenters. The SMILES string of the molecule is Cc1ccc(S(=O)(=O)N2CCC(C(=O)NCC(C)C)CC2)cc1. The van der Waals surface area contributed by atoms with Crippen LogP contribution in [0.2, 0.25) is 0 Å². The first-order valence-corrected chi connectivity index (χ1v) is 9.59. The van der Waals surface area contributed by atoms with Gasteiger partial charge >= 0.3 is 0 Å². The lowest BCUT2D eigenvalue weighted by Crippen LogP contribution is -2.43. The van der Waals surface area contributed by atoms with Crippen molar-refractivity contribution >= 4 is 15.9 Å². The van der Waals surface area contributed by atoms with Gasteiger partial charge in [0.05, 0.1) is 4.90 Å². The van der Waals surface area contributed by atoms with Crippen LogP contribution in [-0.2, 0) is 14.8 Å². The summed E-state index contributed by atoms with van der Waals surface area (Å²) in [5, 5.41) is 2.94. The first-order valence-electron chi connectivity index (χ1n) is 8.15. The molecule has 1 aromatic rings. The second-order valence-corrected chi connectivity index (χ2v) is 8.57. The van der Waals surface area contributed by atoms with Gasteiger partial charge in [-0.05, 0) is 37.8 Å². The van der Waals surface area contributed by atoms with Crippen LogP contribution in [0.15, 0.2) is 29.2 Å². The number of carbonyl (C=O) groups is 1. The van der Waals surface area contributed by atoms with Crippen molar-refractivity contribution in [2.24, 2.45) is 11.8 Å². The van der Waals surface area contributed by atoms with Gasteiger partial charge in [-0.25, -0.2) is 8.42 Å². The maximum absolute atomic E-state index is 12.6. The molecule has 2 rings (SSSR count). The summed E-state index contributed by atoms with van der Waals surface area (Å²) < 4.78 is 26.7. The Balaban J connectivity index is 1.95. The van der Waals surface area contributed by atoms with Gasteiger partial charge in [-0.3, -0.25) is 4.79 Å². The van der Waals surface area contributed by atoms with Gasteiger partial charge in [-0.1, -0.05) is 31.5 Å². The maximum atomic E-state index is 12.6. The molecule has 1 amide bonds. The van der Waals surface area contributed by atoms with E-state index in [-0.39, 0.29) is 11.8 Å². The van der Waals surface area contributed by atoms with Crippen LogP contribution in [0.25, 0.3) is 0 Å². The Morgan fingerprint density at radius 3 is 2.30 bits per heavy atom. The minimum absolute atomic E-state index is 0.0473. The molecule has 0 spiro atoms. The van der Waals surface area contributed by atoms with Gasteiger partial charge in [-0.15, -0.1) is 0 Å². The number of rotatable bonds is 5. The molecule has 1 fully saturated rings. The summed E-state index contributed by atoms with van der Waals surface area (Å²) in [6.07, 6.45) is 1.16. The summed E-state index contributed by atoms with van der Waals surface area (Å²) in [6, 6.07) is 6.90. The zero-order valence-corrected chi connectivity index (χ0v) is 14.9. The third-order valence-corrected chi connectivity index (χ3v) is 6.08. The standard InChI is InChI=1S/C17H26N2O3S/c1-13(2)12-18-17(20)15-8-10-19(11-9-15)23(21,22)16-6-4-14(3)5-7-16/h4-7,13,15H,8-12H2,1-3H3,(H,18,20). The zero-order chi connectivity index (χ0) is 17.0. The average molecular weight is 338 g/mol. The van der Waals surface area contributed by atoms with Crippen molar-refractivity contribution in [1.82, 2.24) is 9.62 Å². The van der Waals surface area contributed by atoms with Crippen molar-refractivity contribution in [1.29, 1.82) is 0 Å². The molecule has 0 aromatic heterocycles. The Bertz CT molecular complexity index is 630. The molecule has 1 N–H and O–H groups in total. The molecule has 1 heterocycles. The van der Waals surface area contributed by atoms with E-state index in [0.29, 0.717) is 43.3 Å². The molecule has 0 saturated carbocycles. The Labute approximate surface area is 139 Å². The van der Waals surface area contributed by atoms with E-state index < -0.39 is 10.0 Å². The van der Waals surface area contributed by atoms with E-state index in [0.717, 1.165) is 5.56 Å². The number of sulfonamides is 1. The van der Waals surface area contributed by atoms with E-state index in [1.54, 1.807) is 24.3 Å². The lowest BCUT2D eigenvalue weighted by atomic mass is 9.97.